The second kappa shape index (κ2) is 10.3. The fourth-order valence-electron chi connectivity index (χ4n) is 4.27. The van der Waals surface area contributed by atoms with Crippen LogP contribution in [0.15, 0.2) is 6.20 Å². The third-order valence-corrected chi connectivity index (χ3v) is 6.35. The number of rotatable bonds is 6. The number of hydrogen-bond donors (Lipinski definition) is 2. The molecule has 10 heteroatoms. The van der Waals surface area contributed by atoms with Gasteiger partial charge in [-0.1, -0.05) is 11.6 Å². The highest BCUT2D eigenvalue weighted by Gasteiger charge is 2.26. The summed E-state index contributed by atoms with van der Waals surface area (Å²) in [5, 5.41) is 7.43. The topological polar surface area (TPSA) is 119 Å². The quantitative estimate of drug-likeness (QED) is 0.637. The van der Waals surface area contributed by atoms with E-state index < -0.39 is 6.04 Å². The van der Waals surface area contributed by atoms with E-state index in [4.69, 9.17) is 17.3 Å². The first-order valence-electron chi connectivity index (χ1n) is 11.0. The van der Waals surface area contributed by atoms with Gasteiger partial charge in [0.25, 0.3) is 5.91 Å². The Kier molecular flexibility index (Phi) is 7.71. The molecule has 3 N–H and O–H groups in total. The van der Waals surface area contributed by atoms with Gasteiger partial charge in [-0.3, -0.25) is 14.3 Å². The average Bonchev–Trinajstić information content (AvgIpc) is 2.91. The van der Waals surface area contributed by atoms with E-state index in [1.807, 2.05) is 4.90 Å². The first kappa shape index (κ1) is 24.0. The van der Waals surface area contributed by atoms with Crippen LogP contribution in [-0.2, 0) is 18.3 Å². The highest BCUT2D eigenvalue weighted by atomic mass is 35.5. The fraction of sp³-hybridized carbons (Fsp3) is 0.591. The molecule has 9 nitrogen and oxygen atoms in total. The van der Waals surface area contributed by atoms with Crippen molar-refractivity contribution in [3.8, 4) is 0 Å². The molecule has 0 bridgehead atoms. The number of aromatic nitrogens is 4. The Morgan fingerprint density at radius 1 is 1.28 bits per heavy atom. The molecule has 32 heavy (non-hydrogen) atoms. The highest BCUT2D eigenvalue weighted by Crippen LogP contribution is 2.27. The van der Waals surface area contributed by atoms with Crippen LogP contribution >= 0.6 is 11.6 Å². The molecule has 2 aromatic rings. The van der Waals surface area contributed by atoms with Crippen molar-refractivity contribution in [2.24, 2.45) is 13.0 Å². The van der Waals surface area contributed by atoms with Gasteiger partial charge in [0, 0.05) is 31.9 Å². The number of aryl methyl sites for hydroxylation is 3. The van der Waals surface area contributed by atoms with Gasteiger partial charge in [-0.2, -0.15) is 5.10 Å². The van der Waals surface area contributed by atoms with E-state index in [1.165, 1.54) is 0 Å². The van der Waals surface area contributed by atoms with Crippen LogP contribution in [-0.4, -0.2) is 55.6 Å². The molecule has 0 saturated carbocycles. The molecular formula is C22H32ClN7O2. The van der Waals surface area contributed by atoms with Crippen LogP contribution in [0.1, 0.15) is 60.0 Å². The van der Waals surface area contributed by atoms with Crippen molar-refractivity contribution in [1.82, 2.24) is 30.0 Å². The number of nitrogen functional groups attached to an aromatic ring is 1. The Hall–Kier alpha value is -2.68. The summed E-state index contributed by atoms with van der Waals surface area (Å²) in [6, 6.07) is -0.595. The molecule has 1 aliphatic heterocycles. The van der Waals surface area contributed by atoms with Gasteiger partial charge in [-0.05, 0) is 58.8 Å². The molecule has 1 saturated heterocycles. The zero-order valence-corrected chi connectivity index (χ0v) is 19.9. The minimum atomic E-state index is -0.595. The standard InChI is InChI=1S/C22H32ClN7O2/c1-13-18(12-29(4)28-13)21(31)25-14(2)22(32)30-10-5-6-16(9-11-30)7-8-17-19(23)26-15(3)27-20(17)24/h12,14,16H,5-11H2,1-4H3,(H,25,31)(H2,24,26,27)/t14-,16+/m0/s1. The molecule has 2 aromatic heterocycles. The Balaban J connectivity index is 1.52. The molecule has 174 valence electrons. The van der Waals surface area contributed by atoms with Crippen molar-refractivity contribution in [3.63, 3.8) is 0 Å². The van der Waals surface area contributed by atoms with Crippen molar-refractivity contribution >= 4 is 29.2 Å². The van der Waals surface area contributed by atoms with Gasteiger partial charge in [0.15, 0.2) is 0 Å². The summed E-state index contributed by atoms with van der Waals surface area (Å²) in [5.74, 6) is 1.15. The molecule has 0 radical (unpaired) electrons. The number of carbonyl (C=O) groups excluding carboxylic acids is 2. The molecule has 0 aromatic carbocycles. The maximum absolute atomic E-state index is 13.0. The number of amides is 2. The van der Waals surface area contributed by atoms with E-state index >= 15 is 0 Å². The van der Waals surface area contributed by atoms with Crippen molar-refractivity contribution in [3.05, 3.63) is 34.0 Å². The molecular weight excluding hydrogens is 430 g/mol. The minimum absolute atomic E-state index is 0.0558. The Morgan fingerprint density at radius 3 is 2.69 bits per heavy atom. The van der Waals surface area contributed by atoms with Gasteiger partial charge < -0.3 is 16.0 Å². The van der Waals surface area contributed by atoms with E-state index in [0.717, 1.165) is 37.7 Å². The summed E-state index contributed by atoms with van der Waals surface area (Å²) in [5.41, 5.74) is 7.96. The predicted molar refractivity (Wildman–Crippen MR) is 123 cm³/mol. The van der Waals surface area contributed by atoms with Crippen LogP contribution in [0.2, 0.25) is 5.15 Å². The molecule has 2 amide bonds. The average molecular weight is 462 g/mol. The van der Waals surface area contributed by atoms with Crippen LogP contribution in [0.5, 0.6) is 0 Å². The zero-order valence-electron chi connectivity index (χ0n) is 19.2. The summed E-state index contributed by atoms with van der Waals surface area (Å²) in [6.07, 6.45) is 6.16. The van der Waals surface area contributed by atoms with Crippen molar-refractivity contribution in [2.75, 3.05) is 18.8 Å². The molecule has 1 fully saturated rings. The maximum atomic E-state index is 13.0. The lowest BCUT2D eigenvalue weighted by atomic mass is 9.93. The van der Waals surface area contributed by atoms with Gasteiger partial charge in [-0.15, -0.1) is 0 Å². The lowest BCUT2D eigenvalue weighted by Gasteiger charge is -2.25. The normalized spacial score (nSPS) is 17.7. The Morgan fingerprint density at radius 2 is 2.03 bits per heavy atom. The summed E-state index contributed by atoms with van der Waals surface area (Å²) in [6.45, 7) is 6.64. The first-order chi connectivity index (χ1) is 15.2. The Labute approximate surface area is 193 Å². The molecule has 0 aliphatic carbocycles. The third kappa shape index (κ3) is 5.76. The van der Waals surface area contributed by atoms with Gasteiger partial charge in [-0.25, -0.2) is 9.97 Å². The smallest absolute Gasteiger partial charge is 0.255 e. The second-order valence-electron chi connectivity index (χ2n) is 8.58. The van der Waals surface area contributed by atoms with Crippen LogP contribution in [0.25, 0.3) is 0 Å². The van der Waals surface area contributed by atoms with Gasteiger partial charge in [0.1, 0.15) is 22.8 Å². The number of nitrogens with one attached hydrogen (secondary N) is 1. The molecule has 1 aliphatic rings. The van der Waals surface area contributed by atoms with Crippen molar-refractivity contribution < 1.29 is 9.59 Å². The molecule has 2 atom stereocenters. The summed E-state index contributed by atoms with van der Waals surface area (Å²) in [4.78, 5) is 35.8. The Bertz CT molecular complexity index is 968. The van der Waals surface area contributed by atoms with Crippen molar-refractivity contribution in [2.45, 2.75) is 58.9 Å². The van der Waals surface area contributed by atoms with Gasteiger partial charge in [0.05, 0.1) is 11.3 Å². The number of halogens is 1. The zero-order chi connectivity index (χ0) is 23.4. The number of nitrogens with zero attached hydrogens (tertiary/aromatic N) is 5. The largest absolute Gasteiger partial charge is 0.383 e. The maximum Gasteiger partial charge on any atom is 0.255 e. The SMILES string of the molecule is Cc1nc(N)c(CC[C@H]2CCCN(C(=O)[C@H](C)NC(=O)c3cn(C)nc3C)CC2)c(Cl)n1. The van der Waals surface area contributed by atoms with Crippen LogP contribution < -0.4 is 11.1 Å². The molecule has 3 heterocycles. The molecule has 0 spiro atoms. The van der Waals surface area contributed by atoms with Crippen LogP contribution in [0.4, 0.5) is 5.82 Å². The second-order valence-corrected chi connectivity index (χ2v) is 8.94. The summed E-state index contributed by atoms with van der Waals surface area (Å²) in [7, 11) is 1.76. The van der Waals surface area contributed by atoms with E-state index in [9.17, 15) is 9.59 Å². The lowest BCUT2D eigenvalue weighted by molar-refractivity contribution is -0.132. The number of anilines is 1. The summed E-state index contributed by atoms with van der Waals surface area (Å²) >= 11 is 6.26. The molecule has 3 rings (SSSR count). The van der Waals surface area contributed by atoms with E-state index in [2.05, 4.69) is 20.4 Å². The number of carbonyl (C=O) groups is 2. The van der Waals surface area contributed by atoms with Gasteiger partial charge >= 0.3 is 0 Å². The van der Waals surface area contributed by atoms with Crippen LogP contribution in [0, 0.1) is 19.8 Å². The predicted octanol–water partition coefficient (Wildman–Crippen LogP) is 2.44. The van der Waals surface area contributed by atoms with E-state index in [0.29, 0.717) is 47.1 Å². The monoisotopic (exact) mass is 461 g/mol. The lowest BCUT2D eigenvalue weighted by Crippen LogP contribution is -2.47. The van der Waals surface area contributed by atoms with Gasteiger partial charge in [0.2, 0.25) is 5.91 Å². The highest BCUT2D eigenvalue weighted by molar-refractivity contribution is 6.30. The number of likely N-dealkylation sites (tertiary alicyclic amines) is 1. The van der Waals surface area contributed by atoms with Crippen LogP contribution in [0.3, 0.4) is 0 Å². The first-order valence-corrected chi connectivity index (χ1v) is 11.4. The van der Waals surface area contributed by atoms with E-state index in [1.54, 1.807) is 38.7 Å². The molecule has 0 unspecified atom stereocenters. The fourth-order valence-corrected chi connectivity index (χ4v) is 4.58. The van der Waals surface area contributed by atoms with Crippen molar-refractivity contribution in [1.29, 1.82) is 0 Å². The minimum Gasteiger partial charge on any atom is -0.383 e. The summed E-state index contributed by atoms with van der Waals surface area (Å²) < 4.78 is 1.59. The number of nitrogens with two attached hydrogens (primary N) is 1. The third-order valence-electron chi connectivity index (χ3n) is 6.04. The number of hydrogen-bond acceptors (Lipinski definition) is 6. The van der Waals surface area contributed by atoms with E-state index in [-0.39, 0.29) is 11.8 Å².